The van der Waals surface area contributed by atoms with Crippen LogP contribution in [-0.2, 0) is 9.53 Å². The standard InChI is InChI=1S/C19H17NO4/c1-11-17(18(21)22)20(11)19(23)24-10-16-14-8-4-2-6-12(14)13-7-3-5-9-15(13)16/h2-9,11,16-17H,10H2,1H3,(H,21,22)/t11?,17-,20?/m0/s1. The molecule has 1 aliphatic heterocycles. The van der Waals surface area contributed by atoms with Crippen molar-refractivity contribution in [2.24, 2.45) is 0 Å². The first-order valence-corrected chi connectivity index (χ1v) is 7.95. The maximum atomic E-state index is 12.2. The Labute approximate surface area is 139 Å². The van der Waals surface area contributed by atoms with Gasteiger partial charge in [-0.25, -0.2) is 9.59 Å². The zero-order valence-electron chi connectivity index (χ0n) is 13.2. The van der Waals surface area contributed by atoms with Crippen LogP contribution in [0, 0.1) is 0 Å². The fourth-order valence-electron chi connectivity index (χ4n) is 3.62. The van der Waals surface area contributed by atoms with Crippen LogP contribution in [0.3, 0.4) is 0 Å². The van der Waals surface area contributed by atoms with Crippen LogP contribution >= 0.6 is 0 Å². The number of carboxylic acids is 1. The number of nitrogens with zero attached hydrogens (tertiary/aromatic N) is 1. The maximum Gasteiger partial charge on any atom is 0.410 e. The third-order valence-electron chi connectivity index (χ3n) is 4.91. The fraction of sp³-hybridized carbons (Fsp3) is 0.263. The Morgan fingerprint density at radius 1 is 1.04 bits per heavy atom. The minimum absolute atomic E-state index is 0.0140. The van der Waals surface area contributed by atoms with Crippen LogP contribution in [0.4, 0.5) is 4.79 Å². The van der Waals surface area contributed by atoms with E-state index < -0.39 is 18.1 Å². The van der Waals surface area contributed by atoms with Gasteiger partial charge in [-0.15, -0.1) is 0 Å². The summed E-state index contributed by atoms with van der Waals surface area (Å²) in [5.74, 6) is -1.00. The largest absolute Gasteiger partial charge is 0.480 e. The smallest absolute Gasteiger partial charge is 0.410 e. The number of carbonyl (C=O) groups is 2. The van der Waals surface area contributed by atoms with E-state index in [0.717, 1.165) is 22.3 Å². The van der Waals surface area contributed by atoms with Gasteiger partial charge in [0, 0.05) is 5.92 Å². The molecular formula is C19H17NO4. The lowest BCUT2D eigenvalue weighted by Crippen LogP contribution is -2.21. The number of carboxylic acid groups (broad SMARTS) is 1. The highest BCUT2D eigenvalue weighted by Crippen LogP contribution is 2.44. The fourth-order valence-corrected chi connectivity index (χ4v) is 3.62. The van der Waals surface area contributed by atoms with Crippen molar-refractivity contribution in [2.75, 3.05) is 6.61 Å². The Morgan fingerprint density at radius 2 is 1.58 bits per heavy atom. The second-order valence-electron chi connectivity index (χ2n) is 6.23. The zero-order chi connectivity index (χ0) is 16.8. The molecule has 2 atom stereocenters. The lowest BCUT2D eigenvalue weighted by atomic mass is 9.98. The van der Waals surface area contributed by atoms with Crippen molar-refractivity contribution in [2.45, 2.75) is 24.9 Å². The zero-order valence-corrected chi connectivity index (χ0v) is 13.2. The number of benzene rings is 2. The van der Waals surface area contributed by atoms with Crippen LogP contribution in [0.25, 0.3) is 11.1 Å². The van der Waals surface area contributed by atoms with Crippen molar-refractivity contribution >= 4 is 12.1 Å². The quantitative estimate of drug-likeness (QED) is 0.882. The monoisotopic (exact) mass is 323 g/mol. The van der Waals surface area contributed by atoms with E-state index in [4.69, 9.17) is 9.84 Å². The van der Waals surface area contributed by atoms with E-state index in [1.807, 2.05) is 36.4 Å². The van der Waals surface area contributed by atoms with Crippen LogP contribution < -0.4 is 0 Å². The molecule has 1 saturated heterocycles. The molecule has 2 aliphatic rings. The molecule has 2 aromatic rings. The number of amides is 1. The Hall–Kier alpha value is -2.82. The van der Waals surface area contributed by atoms with E-state index >= 15 is 0 Å². The van der Waals surface area contributed by atoms with Crippen LogP contribution in [-0.4, -0.2) is 40.8 Å². The second kappa shape index (κ2) is 5.37. The van der Waals surface area contributed by atoms with Gasteiger partial charge in [0.2, 0.25) is 0 Å². The molecule has 1 amide bonds. The number of fused-ring (bicyclic) bond motifs is 3. The molecule has 0 aromatic heterocycles. The highest BCUT2D eigenvalue weighted by Gasteiger charge is 2.54. The molecule has 0 saturated carbocycles. The summed E-state index contributed by atoms with van der Waals surface area (Å²) in [7, 11) is 0. The molecule has 5 heteroatoms. The first-order chi connectivity index (χ1) is 11.6. The van der Waals surface area contributed by atoms with E-state index in [-0.39, 0.29) is 18.6 Å². The summed E-state index contributed by atoms with van der Waals surface area (Å²) < 4.78 is 5.44. The third kappa shape index (κ3) is 2.16. The molecule has 122 valence electrons. The number of aliphatic carboxylic acids is 1. The average Bonchev–Trinajstić information content (AvgIpc) is 3.17. The summed E-state index contributed by atoms with van der Waals surface area (Å²) in [4.78, 5) is 24.4. The third-order valence-corrected chi connectivity index (χ3v) is 4.91. The minimum Gasteiger partial charge on any atom is -0.480 e. The lowest BCUT2D eigenvalue weighted by molar-refractivity contribution is -0.137. The first-order valence-electron chi connectivity index (χ1n) is 7.95. The Balaban J connectivity index is 1.53. The second-order valence-corrected chi connectivity index (χ2v) is 6.23. The molecule has 2 aromatic carbocycles. The van der Waals surface area contributed by atoms with Gasteiger partial charge < -0.3 is 9.84 Å². The van der Waals surface area contributed by atoms with Gasteiger partial charge >= 0.3 is 12.1 Å². The van der Waals surface area contributed by atoms with Crippen LogP contribution in [0.2, 0.25) is 0 Å². The van der Waals surface area contributed by atoms with Gasteiger partial charge in [0.25, 0.3) is 0 Å². The van der Waals surface area contributed by atoms with Crippen molar-refractivity contribution in [3.63, 3.8) is 0 Å². The summed E-state index contributed by atoms with van der Waals surface area (Å²) >= 11 is 0. The molecule has 1 N–H and O–H groups in total. The topological polar surface area (TPSA) is 66.6 Å². The van der Waals surface area contributed by atoms with E-state index in [9.17, 15) is 9.59 Å². The number of carbonyl (C=O) groups excluding carboxylic acids is 1. The Morgan fingerprint density at radius 3 is 2.08 bits per heavy atom. The number of rotatable bonds is 3. The predicted molar refractivity (Wildman–Crippen MR) is 87.8 cm³/mol. The minimum atomic E-state index is -0.990. The van der Waals surface area contributed by atoms with Crippen LogP contribution in [0.5, 0.6) is 0 Å². The highest BCUT2D eigenvalue weighted by atomic mass is 16.6. The molecule has 0 spiro atoms. The summed E-state index contributed by atoms with van der Waals surface area (Å²) in [5, 5.41) is 9.03. The molecule has 4 rings (SSSR count). The molecule has 1 aliphatic carbocycles. The van der Waals surface area contributed by atoms with Gasteiger partial charge in [0.15, 0.2) is 6.04 Å². The first kappa shape index (κ1) is 14.8. The molecule has 5 nitrogen and oxygen atoms in total. The summed E-state index contributed by atoms with van der Waals surface area (Å²) in [6.07, 6.45) is -0.559. The summed E-state index contributed by atoms with van der Waals surface area (Å²) in [6, 6.07) is 15.1. The molecule has 1 fully saturated rings. The van der Waals surface area contributed by atoms with Gasteiger partial charge in [-0.3, -0.25) is 4.90 Å². The number of ether oxygens (including phenoxy) is 1. The van der Waals surface area contributed by atoms with Crippen molar-refractivity contribution in [1.29, 1.82) is 0 Å². The van der Waals surface area contributed by atoms with E-state index in [0.29, 0.717) is 0 Å². The average molecular weight is 323 g/mol. The molecule has 1 heterocycles. The molecule has 1 unspecified atom stereocenters. The number of hydrogen-bond donors (Lipinski definition) is 1. The van der Waals surface area contributed by atoms with Gasteiger partial charge in [-0.05, 0) is 29.2 Å². The van der Waals surface area contributed by atoms with Gasteiger partial charge in [0.1, 0.15) is 6.61 Å². The molecule has 0 radical (unpaired) electrons. The predicted octanol–water partition coefficient (Wildman–Crippen LogP) is 3.09. The lowest BCUT2D eigenvalue weighted by Gasteiger charge is -2.14. The van der Waals surface area contributed by atoms with E-state index in [1.54, 1.807) is 6.92 Å². The summed E-state index contributed by atoms with van der Waals surface area (Å²) in [6.45, 7) is 1.92. The van der Waals surface area contributed by atoms with Crippen molar-refractivity contribution in [3.8, 4) is 11.1 Å². The Kier molecular flexibility index (Phi) is 3.30. The van der Waals surface area contributed by atoms with Gasteiger partial charge in [-0.2, -0.15) is 0 Å². The normalized spacial score (nSPS) is 21.1. The van der Waals surface area contributed by atoms with Crippen LogP contribution in [0.15, 0.2) is 48.5 Å². The van der Waals surface area contributed by atoms with Gasteiger partial charge in [0.05, 0.1) is 6.04 Å². The van der Waals surface area contributed by atoms with E-state index in [1.165, 1.54) is 4.90 Å². The number of hydrogen-bond acceptors (Lipinski definition) is 3. The van der Waals surface area contributed by atoms with Crippen LogP contribution in [0.1, 0.15) is 24.0 Å². The van der Waals surface area contributed by atoms with Crippen molar-refractivity contribution < 1.29 is 19.4 Å². The van der Waals surface area contributed by atoms with Crippen molar-refractivity contribution in [1.82, 2.24) is 4.90 Å². The molecule has 24 heavy (non-hydrogen) atoms. The Bertz CT molecular complexity index is 786. The molecular weight excluding hydrogens is 306 g/mol. The molecule has 0 bridgehead atoms. The highest BCUT2D eigenvalue weighted by molar-refractivity contribution is 5.87. The van der Waals surface area contributed by atoms with Crippen molar-refractivity contribution in [3.05, 3.63) is 59.7 Å². The van der Waals surface area contributed by atoms with Gasteiger partial charge in [-0.1, -0.05) is 48.5 Å². The summed E-state index contributed by atoms with van der Waals surface area (Å²) in [5.41, 5.74) is 4.61. The maximum absolute atomic E-state index is 12.2. The SMILES string of the molecule is CC1[C@@H](C(=O)O)N1C(=O)OCC1c2ccccc2-c2ccccc21. The van der Waals surface area contributed by atoms with E-state index in [2.05, 4.69) is 12.1 Å².